The van der Waals surface area contributed by atoms with Crippen LogP contribution in [0.15, 0.2) is 54.6 Å². The largest absolute Gasteiger partial charge is 0.493 e. The molecular formula is C27H36OS. The Labute approximate surface area is 183 Å². The van der Waals surface area contributed by atoms with Gasteiger partial charge in [-0.25, -0.2) is 0 Å². The summed E-state index contributed by atoms with van der Waals surface area (Å²) >= 11 is 5.61. The number of ether oxygens (including phenoxy) is 1. The van der Waals surface area contributed by atoms with E-state index in [9.17, 15) is 0 Å². The summed E-state index contributed by atoms with van der Waals surface area (Å²) in [6.07, 6.45) is 15.4. The Kier molecular flexibility index (Phi) is 11.4. The van der Waals surface area contributed by atoms with Gasteiger partial charge in [0.25, 0.3) is 0 Å². The van der Waals surface area contributed by atoms with Crippen molar-refractivity contribution in [1.29, 1.82) is 0 Å². The van der Waals surface area contributed by atoms with Crippen molar-refractivity contribution in [3.63, 3.8) is 0 Å². The highest BCUT2D eigenvalue weighted by Crippen LogP contribution is 2.21. The third kappa shape index (κ3) is 8.95. The molecule has 0 N–H and O–H groups in total. The lowest BCUT2D eigenvalue weighted by Gasteiger charge is -2.09. The third-order valence-electron chi connectivity index (χ3n) is 5.12. The van der Waals surface area contributed by atoms with Crippen molar-refractivity contribution in [2.75, 3.05) is 6.61 Å². The second kappa shape index (κ2) is 14.1. The summed E-state index contributed by atoms with van der Waals surface area (Å²) in [4.78, 5) is 0.856. The molecule has 0 aliphatic heterocycles. The Hall–Kier alpha value is -1.93. The molecule has 29 heavy (non-hydrogen) atoms. The molecule has 2 aromatic carbocycles. The van der Waals surface area contributed by atoms with Gasteiger partial charge in [0.05, 0.1) is 6.61 Å². The molecule has 0 aliphatic rings. The van der Waals surface area contributed by atoms with Gasteiger partial charge in [-0.05, 0) is 42.2 Å². The Morgan fingerprint density at radius 3 is 2.24 bits per heavy atom. The first kappa shape index (κ1) is 23.3. The van der Waals surface area contributed by atoms with Crippen LogP contribution in [0.3, 0.4) is 0 Å². The van der Waals surface area contributed by atoms with Crippen molar-refractivity contribution in [2.24, 2.45) is 0 Å². The molecule has 0 aromatic heterocycles. The van der Waals surface area contributed by atoms with Gasteiger partial charge in [0.2, 0.25) is 0 Å². The van der Waals surface area contributed by atoms with Crippen LogP contribution in [0.2, 0.25) is 0 Å². The van der Waals surface area contributed by atoms with Crippen LogP contribution in [0.1, 0.15) is 81.9 Å². The van der Waals surface area contributed by atoms with E-state index in [1.165, 1.54) is 50.5 Å². The van der Waals surface area contributed by atoms with E-state index in [1.54, 1.807) is 0 Å². The topological polar surface area (TPSA) is 9.23 Å². The number of benzene rings is 2. The summed E-state index contributed by atoms with van der Waals surface area (Å²) < 4.78 is 6.05. The minimum atomic E-state index is 0.780. The van der Waals surface area contributed by atoms with Gasteiger partial charge in [-0.2, -0.15) is 0 Å². The van der Waals surface area contributed by atoms with Crippen LogP contribution in [0.25, 0.3) is 6.08 Å². The van der Waals surface area contributed by atoms with Gasteiger partial charge in [-0.3, -0.25) is 0 Å². The summed E-state index contributed by atoms with van der Waals surface area (Å²) in [6.45, 7) is 5.24. The first-order valence-electron chi connectivity index (χ1n) is 11.3. The molecule has 156 valence electrons. The minimum absolute atomic E-state index is 0.780. The summed E-state index contributed by atoms with van der Waals surface area (Å²) in [5.41, 5.74) is 3.55. The molecule has 2 aromatic rings. The number of unbranched alkanes of at least 4 members (excludes halogenated alkanes) is 6. The van der Waals surface area contributed by atoms with E-state index in [2.05, 4.69) is 50.3 Å². The van der Waals surface area contributed by atoms with Gasteiger partial charge in [0.15, 0.2) is 0 Å². The standard InChI is InChI=1S/C27H36OS/c1-3-5-6-7-8-9-12-22-28-26-15-11-10-14-24(26)20-21-27(29)25-18-16-23(13-4-2)17-19-25/h10-11,14-21H,3-9,12-13,22H2,1-2H3. The van der Waals surface area contributed by atoms with Crippen LogP contribution in [0, 0.1) is 0 Å². The second-order valence-electron chi connectivity index (χ2n) is 7.65. The van der Waals surface area contributed by atoms with Crippen LogP contribution < -0.4 is 4.74 Å². The molecule has 1 nitrogen and oxygen atoms in total. The highest BCUT2D eigenvalue weighted by Gasteiger charge is 2.02. The number of thiocarbonyl (C=S) groups is 1. The number of hydrogen-bond acceptors (Lipinski definition) is 2. The Balaban J connectivity index is 1.83. The molecule has 0 radical (unpaired) electrons. The molecule has 0 saturated carbocycles. The number of hydrogen-bond donors (Lipinski definition) is 0. The number of allylic oxidation sites excluding steroid dienone is 1. The smallest absolute Gasteiger partial charge is 0.126 e. The van der Waals surface area contributed by atoms with E-state index in [4.69, 9.17) is 17.0 Å². The number of aryl methyl sites for hydroxylation is 1. The van der Waals surface area contributed by atoms with E-state index in [0.29, 0.717) is 0 Å². The fraction of sp³-hybridized carbons (Fsp3) is 0.444. The molecule has 0 unspecified atom stereocenters. The maximum Gasteiger partial charge on any atom is 0.126 e. The lowest BCUT2D eigenvalue weighted by molar-refractivity contribution is 0.303. The molecule has 2 rings (SSSR count). The molecule has 0 amide bonds. The van der Waals surface area contributed by atoms with Crippen LogP contribution in [-0.2, 0) is 6.42 Å². The quantitative estimate of drug-likeness (QED) is 0.135. The highest BCUT2D eigenvalue weighted by atomic mass is 32.1. The highest BCUT2D eigenvalue weighted by molar-refractivity contribution is 7.81. The maximum absolute atomic E-state index is 6.05. The molecule has 0 spiro atoms. The van der Waals surface area contributed by atoms with Crippen molar-refractivity contribution in [2.45, 2.75) is 71.6 Å². The van der Waals surface area contributed by atoms with Crippen LogP contribution >= 0.6 is 12.2 Å². The SMILES string of the molecule is CCCCCCCCCOc1ccccc1C=CC(=S)c1ccc(CCC)cc1. The molecule has 0 saturated heterocycles. The molecular weight excluding hydrogens is 372 g/mol. The van der Waals surface area contributed by atoms with E-state index in [1.807, 2.05) is 24.3 Å². The first-order valence-corrected chi connectivity index (χ1v) is 11.7. The lowest BCUT2D eigenvalue weighted by atomic mass is 10.1. The van der Waals surface area contributed by atoms with Crippen molar-refractivity contribution in [1.82, 2.24) is 0 Å². The Morgan fingerprint density at radius 2 is 1.52 bits per heavy atom. The molecule has 0 aliphatic carbocycles. The summed E-state index contributed by atoms with van der Waals surface area (Å²) in [5, 5.41) is 0. The Morgan fingerprint density at radius 1 is 0.828 bits per heavy atom. The average Bonchev–Trinajstić information content (AvgIpc) is 2.75. The normalized spacial score (nSPS) is 11.1. The third-order valence-corrected chi connectivity index (χ3v) is 5.49. The second-order valence-corrected chi connectivity index (χ2v) is 8.09. The fourth-order valence-electron chi connectivity index (χ4n) is 3.38. The van der Waals surface area contributed by atoms with Crippen LogP contribution in [0.5, 0.6) is 5.75 Å². The zero-order chi connectivity index (χ0) is 20.7. The van der Waals surface area contributed by atoms with E-state index < -0.39 is 0 Å². The number of para-hydroxylation sites is 1. The van der Waals surface area contributed by atoms with Crippen molar-refractivity contribution < 1.29 is 4.74 Å². The predicted molar refractivity (Wildman–Crippen MR) is 131 cm³/mol. The lowest BCUT2D eigenvalue weighted by Crippen LogP contribution is -1.99. The predicted octanol–water partition coefficient (Wildman–Crippen LogP) is 8.20. The molecule has 0 bridgehead atoms. The Bertz CT molecular complexity index is 745. The van der Waals surface area contributed by atoms with Gasteiger partial charge < -0.3 is 4.74 Å². The average molecular weight is 409 g/mol. The molecule has 0 heterocycles. The van der Waals surface area contributed by atoms with Crippen LogP contribution in [-0.4, -0.2) is 11.5 Å². The summed E-state index contributed by atoms with van der Waals surface area (Å²) in [5.74, 6) is 0.941. The van der Waals surface area contributed by atoms with E-state index in [0.717, 1.165) is 41.2 Å². The van der Waals surface area contributed by atoms with Gasteiger partial charge >= 0.3 is 0 Å². The molecule has 2 heteroatoms. The summed E-state index contributed by atoms with van der Waals surface area (Å²) in [7, 11) is 0. The van der Waals surface area contributed by atoms with E-state index >= 15 is 0 Å². The van der Waals surface area contributed by atoms with Gasteiger partial charge in [-0.15, -0.1) is 0 Å². The van der Waals surface area contributed by atoms with Crippen molar-refractivity contribution in [3.8, 4) is 5.75 Å². The van der Waals surface area contributed by atoms with Gasteiger partial charge in [0.1, 0.15) is 5.75 Å². The minimum Gasteiger partial charge on any atom is -0.493 e. The molecule has 0 atom stereocenters. The van der Waals surface area contributed by atoms with E-state index in [-0.39, 0.29) is 0 Å². The zero-order valence-electron chi connectivity index (χ0n) is 18.2. The van der Waals surface area contributed by atoms with Crippen LogP contribution in [0.4, 0.5) is 0 Å². The monoisotopic (exact) mass is 408 g/mol. The molecule has 0 fully saturated rings. The van der Waals surface area contributed by atoms with Gasteiger partial charge in [0, 0.05) is 10.4 Å². The van der Waals surface area contributed by atoms with Gasteiger partial charge in [-0.1, -0.05) is 113 Å². The van der Waals surface area contributed by atoms with Crippen molar-refractivity contribution in [3.05, 3.63) is 71.3 Å². The fourth-order valence-corrected chi connectivity index (χ4v) is 3.58. The maximum atomic E-state index is 6.05. The number of rotatable bonds is 14. The zero-order valence-corrected chi connectivity index (χ0v) is 19.0. The first-order chi connectivity index (χ1) is 14.2. The van der Waals surface area contributed by atoms with Crippen molar-refractivity contribution >= 4 is 23.2 Å². The summed E-state index contributed by atoms with van der Waals surface area (Å²) in [6, 6.07) is 16.8.